The molecule has 0 fully saturated rings. The molecule has 0 aliphatic rings. The number of rotatable bonds is 6. The maximum Gasteiger partial charge on any atom is 0.111 e. The lowest BCUT2D eigenvalue weighted by Crippen LogP contribution is -2.16. The third-order valence-corrected chi connectivity index (χ3v) is 3.38. The van der Waals surface area contributed by atoms with E-state index in [1.165, 1.54) is 0 Å². The van der Waals surface area contributed by atoms with Crippen molar-refractivity contribution in [2.75, 3.05) is 27.2 Å². The van der Waals surface area contributed by atoms with Crippen LogP contribution >= 0.6 is 11.6 Å². The number of nitrogens with two attached hydrogens (primary N) is 1. The van der Waals surface area contributed by atoms with Crippen LogP contribution in [0.25, 0.3) is 11.0 Å². The van der Waals surface area contributed by atoms with E-state index in [0.717, 1.165) is 47.8 Å². The van der Waals surface area contributed by atoms with Crippen LogP contribution < -0.4 is 5.73 Å². The van der Waals surface area contributed by atoms with Crippen LogP contribution in [0.4, 0.5) is 0 Å². The van der Waals surface area contributed by atoms with Gasteiger partial charge in [0, 0.05) is 18.0 Å². The molecule has 0 radical (unpaired) electrons. The van der Waals surface area contributed by atoms with Gasteiger partial charge in [0.05, 0.1) is 11.0 Å². The average molecular weight is 281 g/mol. The molecule has 1 aromatic carbocycles. The van der Waals surface area contributed by atoms with Crippen molar-refractivity contribution in [1.82, 2.24) is 14.5 Å². The van der Waals surface area contributed by atoms with Gasteiger partial charge >= 0.3 is 0 Å². The summed E-state index contributed by atoms with van der Waals surface area (Å²) in [6, 6.07) is 5.87. The van der Waals surface area contributed by atoms with Gasteiger partial charge in [0.1, 0.15) is 5.82 Å². The van der Waals surface area contributed by atoms with Gasteiger partial charge < -0.3 is 15.2 Å². The maximum atomic E-state index is 6.02. The van der Waals surface area contributed by atoms with Gasteiger partial charge in [-0.2, -0.15) is 0 Å². The first-order chi connectivity index (χ1) is 9.11. The molecule has 0 aliphatic carbocycles. The van der Waals surface area contributed by atoms with Crippen LogP contribution in [0.1, 0.15) is 12.2 Å². The smallest absolute Gasteiger partial charge is 0.111 e. The Balaban J connectivity index is 2.29. The number of halogens is 1. The summed E-state index contributed by atoms with van der Waals surface area (Å²) in [7, 11) is 4.18. The van der Waals surface area contributed by atoms with E-state index in [2.05, 4.69) is 28.5 Å². The minimum Gasteiger partial charge on any atom is -0.330 e. The number of benzene rings is 1. The molecule has 5 heteroatoms. The molecule has 4 nitrogen and oxygen atoms in total. The van der Waals surface area contributed by atoms with E-state index < -0.39 is 0 Å². The number of imidazole rings is 1. The maximum absolute atomic E-state index is 6.02. The number of hydrogen-bond donors (Lipinski definition) is 1. The number of aryl methyl sites for hydroxylation is 1. The van der Waals surface area contributed by atoms with E-state index >= 15 is 0 Å². The molecule has 0 saturated heterocycles. The largest absolute Gasteiger partial charge is 0.330 e. The highest BCUT2D eigenvalue weighted by Gasteiger charge is 2.10. The highest BCUT2D eigenvalue weighted by Crippen LogP contribution is 2.21. The molecule has 2 N–H and O–H groups in total. The highest BCUT2D eigenvalue weighted by atomic mass is 35.5. The SMILES string of the molecule is CN(C)CCCn1c(CCN)nc2cc(Cl)ccc21. The fourth-order valence-corrected chi connectivity index (χ4v) is 2.43. The molecule has 0 amide bonds. The van der Waals surface area contributed by atoms with E-state index in [9.17, 15) is 0 Å². The molecule has 0 unspecified atom stereocenters. The summed E-state index contributed by atoms with van der Waals surface area (Å²) < 4.78 is 2.27. The normalized spacial score (nSPS) is 11.6. The monoisotopic (exact) mass is 280 g/mol. The Kier molecular flexibility index (Phi) is 4.80. The van der Waals surface area contributed by atoms with E-state index in [-0.39, 0.29) is 0 Å². The third-order valence-electron chi connectivity index (χ3n) is 3.14. The van der Waals surface area contributed by atoms with Crippen LogP contribution in [0.5, 0.6) is 0 Å². The molecule has 0 bridgehead atoms. The molecule has 19 heavy (non-hydrogen) atoms. The van der Waals surface area contributed by atoms with Crippen LogP contribution in [0.15, 0.2) is 18.2 Å². The van der Waals surface area contributed by atoms with Gasteiger partial charge in [0.15, 0.2) is 0 Å². The van der Waals surface area contributed by atoms with Crippen molar-refractivity contribution in [2.24, 2.45) is 5.73 Å². The van der Waals surface area contributed by atoms with Crippen LogP contribution in [0.3, 0.4) is 0 Å². The van der Waals surface area contributed by atoms with E-state index in [0.29, 0.717) is 6.54 Å². The molecule has 0 saturated carbocycles. The first kappa shape index (κ1) is 14.3. The van der Waals surface area contributed by atoms with Crippen LogP contribution in [0, 0.1) is 0 Å². The topological polar surface area (TPSA) is 47.1 Å². The quantitative estimate of drug-likeness (QED) is 0.882. The molecule has 2 aromatic rings. The number of fused-ring (bicyclic) bond motifs is 1. The number of aromatic nitrogens is 2. The number of hydrogen-bond acceptors (Lipinski definition) is 3. The highest BCUT2D eigenvalue weighted by molar-refractivity contribution is 6.31. The second-order valence-corrected chi connectivity index (χ2v) is 5.44. The summed E-state index contributed by atoms with van der Waals surface area (Å²) in [5, 5.41) is 0.727. The Morgan fingerprint density at radius 1 is 1.37 bits per heavy atom. The van der Waals surface area contributed by atoms with Crippen molar-refractivity contribution in [2.45, 2.75) is 19.4 Å². The van der Waals surface area contributed by atoms with Gasteiger partial charge in [-0.15, -0.1) is 0 Å². The van der Waals surface area contributed by atoms with Crippen molar-refractivity contribution in [3.8, 4) is 0 Å². The van der Waals surface area contributed by atoms with E-state index in [1.807, 2.05) is 18.2 Å². The Morgan fingerprint density at radius 2 is 2.16 bits per heavy atom. The molecule has 0 spiro atoms. The molecule has 104 valence electrons. The Hall–Kier alpha value is -1.10. The minimum absolute atomic E-state index is 0.616. The van der Waals surface area contributed by atoms with Crippen molar-refractivity contribution >= 4 is 22.6 Å². The lowest BCUT2D eigenvalue weighted by atomic mass is 10.3. The van der Waals surface area contributed by atoms with Crippen molar-refractivity contribution in [1.29, 1.82) is 0 Å². The fourth-order valence-electron chi connectivity index (χ4n) is 2.27. The summed E-state index contributed by atoms with van der Waals surface area (Å²) in [5.74, 6) is 1.05. The van der Waals surface area contributed by atoms with Gasteiger partial charge in [0.25, 0.3) is 0 Å². The van der Waals surface area contributed by atoms with Crippen molar-refractivity contribution < 1.29 is 0 Å². The Bertz CT molecular complexity index is 548. The molecule has 1 heterocycles. The van der Waals surface area contributed by atoms with E-state index in [4.69, 9.17) is 17.3 Å². The zero-order valence-corrected chi connectivity index (χ0v) is 12.3. The molecular formula is C14H21ClN4. The lowest BCUT2D eigenvalue weighted by Gasteiger charge is -2.12. The van der Waals surface area contributed by atoms with Gasteiger partial charge in [-0.05, 0) is 51.8 Å². The minimum atomic E-state index is 0.616. The van der Waals surface area contributed by atoms with Gasteiger partial charge in [-0.3, -0.25) is 0 Å². The molecule has 0 aliphatic heterocycles. The van der Waals surface area contributed by atoms with E-state index in [1.54, 1.807) is 0 Å². The molecule has 0 atom stereocenters. The lowest BCUT2D eigenvalue weighted by molar-refractivity contribution is 0.386. The van der Waals surface area contributed by atoms with Crippen molar-refractivity contribution in [3.05, 3.63) is 29.0 Å². The van der Waals surface area contributed by atoms with Gasteiger partial charge in [-0.1, -0.05) is 11.6 Å². The van der Waals surface area contributed by atoms with Crippen LogP contribution in [-0.4, -0.2) is 41.6 Å². The second-order valence-electron chi connectivity index (χ2n) is 5.01. The zero-order chi connectivity index (χ0) is 13.8. The first-order valence-corrected chi connectivity index (χ1v) is 6.99. The average Bonchev–Trinajstić information content (AvgIpc) is 2.66. The summed E-state index contributed by atoms with van der Waals surface area (Å²) >= 11 is 6.02. The van der Waals surface area contributed by atoms with Gasteiger partial charge in [0.2, 0.25) is 0 Å². The van der Waals surface area contributed by atoms with Crippen molar-refractivity contribution in [3.63, 3.8) is 0 Å². The van der Waals surface area contributed by atoms with Crippen LogP contribution in [-0.2, 0) is 13.0 Å². The summed E-state index contributed by atoms with van der Waals surface area (Å²) in [4.78, 5) is 6.84. The summed E-state index contributed by atoms with van der Waals surface area (Å²) in [6.07, 6.45) is 1.90. The molecule has 2 rings (SSSR count). The standard InChI is InChI=1S/C14H21ClN4/c1-18(2)8-3-9-19-13-5-4-11(15)10-12(13)17-14(19)6-7-16/h4-5,10H,3,6-9,16H2,1-2H3. The Morgan fingerprint density at radius 3 is 2.84 bits per heavy atom. The first-order valence-electron chi connectivity index (χ1n) is 6.61. The predicted octanol–water partition coefficient (Wildman–Crippen LogP) is 2.14. The predicted molar refractivity (Wildman–Crippen MR) is 80.7 cm³/mol. The molecular weight excluding hydrogens is 260 g/mol. The zero-order valence-electron chi connectivity index (χ0n) is 11.6. The second kappa shape index (κ2) is 6.37. The third kappa shape index (κ3) is 3.47. The molecule has 1 aromatic heterocycles. The fraction of sp³-hybridized carbons (Fsp3) is 0.500. The summed E-state index contributed by atoms with van der Waals surface area (Å²) in [6.45, 7) is 2.64. The van der Waals surface area contributed by atoms with Crippen LogP contribution in [0.2, 0.25) is 5.02 Å². The Labute approximate surface area is 119 Å². The summed E-state index contributed by atoms with van der Waals surface area (Å²) in [5.41, 5.74) is 7.77. The number of nitrogens with zero attached hydrogens (tertiary/aromatic N) is 3. The van der Waals surface area contributed by atoms with Gasteiger partial charge in [-0.25, -0.2) is 4.98 Å².